The Bertz CT molecular complexity index is 941. The average Bonchev–Trinajstić information content (AvgIpc) is 2.66. The molecule has 0 spiro atoms. The fourth-order valence-electron chi connectivity index (χ4n) is 3.97. The lowest BCUT2D eigenvalue weighted by molar-refractivity contribution is -0.384. The van der Waals surface area contributed by atoms with E-state index >= 15 is 0 Å². The van der Waals surface area contributed by atoms with Crippen LogP contribution in [0.2, 0.25) is 0 Å². The molecule has 1 aliphatic carbocycles. The van der Waals surface area contributed by atoms with Crippen molar-refractivity contribution in [1.82, 2.24) is 0 Å². The zero-order chi connectivity index (χ0) is 21.2. The predicted octanol–water partition coefficient (Wildman–Crippen LogP) is 4.35. The van der Waals surface area contributed by atoms with Crippen LogP contribution in [-0.2, 0) is 16.0 Å². The summed E-state index contributed by atoms with van der Waals surface area (Å²) < 4.78 is 0. The van der Waals surface area contributed by atoms with Gasteiger partial charge in [0.2, 0.25) is 0 Å². The molecule has 2 aromatic rings. The van der Waals surface area contributed by atoms with E-state index < -0.39 is 15.8 Å². The number of non-ortho nitro benzene ring substituents is 1. The Kier molecular flexibility index (Phi) is 5.46. The van der Waals surface area contributed by atoms with Crippen molar-refractivity contribution in [2.45, 2.75) is 39.5 Å². The number of hydrogen-bond donors (Lipinski definition) is 0. The summed E-state index contributed by atoms with van der Waals surface area (Å²) in [6, 6.07) is 14.5. The molecule has 3 rings (SSSR count). The highest BCUT2D eigenvalue weighted by molar-refractivity contribution is 6.14. The Hall–Kier alpha value is -3.15. The van der Waals surface area contributed by atoms with Crippen LogP contribution in [0.5, 0.6) is 0 Å². The number of carbonyl (C=O) groups excluding carboxylic acids is 3. The second-order valence-corrected chi connectivity index (χ2v) is 8.51. The molecule has 0 atom stereocenters. The lowest BCUT2D eigenvalue weighted by Gasteiger charge is -2.40. The fourth-order valence-corrected chi connectivity index (χ4v) is 3.97. The lowest BCUT2D eigenvalue weighted by atomic mass is 9.59. The van der Waals surface area contributed by atoms with E-state index in [2.05, 4.69) is 0 Å². The van der Waals surface area contributed by atoms with Crippen molar-refractivity contribution >= 4 is 23.0 Å². The standard InChI is InChI=1S/C23H23NO5/c1-22(2)14-20(26)23(21(27)15-22,12-16-6-4-3-5-7-16)13-19(25)17-8-10-18(11-9-17)24(28)29/h3-11H,12-15H2,1-2H3. The van der Waals surface area contributed by atoms with Gasteiger partial charge in [0.25, 0.3) is 5.69 Å². The number of benzene rings is 2. The molecule has 6 heteroatoms. The van der Waals surface area contributed by atoms with E-state index in [9.17, 15) is 24.5 Å². The maximum atomic E-state index is 13.2. The molecule has 0 heterocycles. The molecule has 0 aliphatic heterocycles. The number of Topliss-reactive ketones (excluding diaryl/α,β-unsaturated/α-hetero) is 3. The molecule has 6 nitrogen and oxygen atoms in total. The SMILES string of the molecule is CC1(C)CC(=O)C(CC(=O)c2ccc([N+](=O)[O-])cc2)(Cc2ccccc2)C(=O)C1. The largest absolute Gasteiger partial charge is 0.299 e. The highest BCUT2D eigenvalue weighted by Gasteiger charge is 2.52. The Balaban J connectivity index is 1.95. The molecule has 0 saturated heterocycles. The van der Waals surface area contributed by atoms with Crippen molar-refractivity contribution in [3.8, 4) is 0 Å². The van der Waals surface area contributed by atoms with Crippen LogP contribution in [0.15, 0.2) is 54.6 Å². The fraction of sp³-hybridized carbons (Fsp3) is 0.348. The minimum Gasteiger partial charge on any atom is -0.299 e. The monoisotopic (exact) mass is 393 g/mol. The summed E-state index contributed by atoms with van der Waals surface area (Å²) in [5, 5.41) is 10.8. The topological polar surface area (TPSA) is 94.3 Å². The second kappa shape index (κ2) is 7.70. The number of hydrogen-bond acceptors (Lipinski definition) is 5. The minimum absolute atomic E-state index is 0.118. The van der Waals surface area contributed by atoms with Crippen molar-refractivity contribution in [2.75, 3.05) is 0 Å². The quantitative estimate of drug-likeness (QED) is 0.315. The normalized spacial score (nSPS) is 17.7. The highest BCUT2D eigenvalue weighted by atomic mass is 16.6. The van der Waals surface area contributed by atoms with Crippen LogP contribution < -0.4 is 0 Å². The summed E-state index contributed by atoms with van der Waals surface area (Å²) in [7, 11) is 0. The first-order valence-corrected chi connectivity index (χ1v) is 9.51. The molecule has 0 unspecified atom stereocenters. The van der Waals surface area contributed by atoms with Gasteiger partial charge >= 0.3 is 0 Å². The number of rotatable bonds is 6. The Morgan fingerprint density at radius 2 is 1.52 bits per heavy atom. The van der Waals surface area contributed by atoms with E-state index in [0.29, 0.717) is 0 Å². The van der Waals surface area contributed by atoms with E-state index in [-0.39, 0.29) is 54.3 Å². The summed E-state index contributed by atoms with van der Waals surface area (Å²) >= 11 is 0. The molecule has 1 fully saturated rings. The molecular formula is C23H23NO5. The van der Waals surface area contributed by atoms with Crippen LogP contribution in [0.3, 0.4) is 0 Å². The van der Waals surface area contributed by atoms with Crippen LogP contribution >= 0.6 is 0 Å². The number of ketones is 3. The van der Waals surface area contributed by atoms with Gasteiger partial charge in [-0.05, 0) is 29.5 Å². The van der Waals surface area contributed by atoms with Gasteiger partial charge < -0.3 is 0 Å². The van der Waals surface area contributed by atoms with Gasteiger partial charge in [-0.25, -0.2) is 0 Å². The average molecular weight is 393 g/mol. The molecule has 1 saturated carbocycles. The zero-order valence-electron chi connectivity index (χ0n) is 16.5. The van der Waals surface area contributed by atoms with Crippen molar-refractivity contribution in [3.63, 3.8) is 0 Å². The van der Waals surface area contributed by atoms with Gasteiger partial charge in [-0.3, -0.25) is 24.5 Å². The molecule has 0 amide bonds. The Labute approximate surface area is 169 Å². The molecule has 0 aromatic heterocycles. The van der Waals surface area contributed by atoms with Crippen LogP contribution in [-0.4, -0.2) is 22.3 Å². The van der Waals surface area contributed by atoms with Gasteiger partial charge in [0.15, 0.2) is 5.78 Å². The van der Waals surface area contributed by atoms with Gasteiger partial charge in [0.05, 0.1) is 10.3 Å². The zero-order valence-corrected chi connectivity index (χ0v) is 16.5. The summed E-state index contributed by atoms with van der Waals surface area (Å²) in [5.74, 6) is -0.784. The third-order valence-electron chi connectivity index (χ3n) is 5.56. The summed E-state index contributed by atoms with van der Waals surface area (Å²) in [5.41, 5.74) is -0.855. The van der Waals surface area contributed by atoms with E-state index in [4.69, 9.17) is 0 Å². The van der Waals surface area contributed by atoms with Gasteiger partial charge in [-0.1, -0.05) is 44.2 Å². The number of nitro groups is 1. The Morgan fingerprint density at radius 1 is 0.966 bits per heavy atom. The van der Waals surface area contributed by atoms with Gasteiger partial charge in [-0.2, -0.15) is 0 Å². The van der Waals surface area contributed by atoms with Crippen molar-refractivity contribution in [1.29, 1.82) is 0 Å². The number of carbonyl (C=O) groups is 3. The third-order valence-corrected chi connectivity index (χ3v) is 5.56. The lowest BCUT2D eigenvalue weighted by Crippen LogP contribution is -2.50. The Morgan fingerprint density at radius 3 is 2.03 bits per heavy atom. The van der Waals surface area contributed by atoms with Crippen LogP contribution in [0.1, 0.15) is 49.0 Å². The molecule has 29 heavy (non-hydrogen) atoms. The number of nitrogens with zero attached hydrogens (tertiary/aromatic N) is 1. The molecular weight excluding hydrogens is 370 g/mol. The second-order valence-electron chi connectivity index (χ2n) is 8.51. The maximum absolute atomic E-state index is 13.2. The molecule has 0 bridgehead atoms. The van der Waals surface area contributed by atoms with Crippen molar-refractivity contribution in [2.24, 2.45) is 10.8 Å². The van der Waals surface area contributed by atoms with E-state index in [0.717, 1.165) is 5.56 Å². The van der Waals surface area contributed by atoms with E-state index in [1.165, 1.54) is 24.3 Å². The summed E-state index contributed by atoms with van der Waals surface area (Å²) in [6.07, 6.45) is 0.423. The molecule has 0 radical (unpaired) electrons. The molecule has 0 N–H and O–H groups in total. The molecule has 150 valence electrons. The first-order chi connectivity index (χ1) is 13.6. The van der Waals surface area contributed by atoms with Gasteiger partial charge in [0.1, 0.15) is 11.6 Å². The van der Waals surface area contributed by atoms with Crippen LogP contribution in [0.4, 0.5) is 5.69 Å². The van der Waals surface area contributed by atoms with Crippen molar-refractivity contribution < 1.29 is 19.3 Å². The van der Waals surface area contributed by atoms with Crippen LogP contribution in [0, 0.1) is 20.9 Å². The first kappa shape index (κ1) is 20.6. The first-order valence-electron chi connectivity index (χ1n) is 9.51. The summed E-state index contributed by atoms with van der Waals surface area (Å²) in [4.78, 5) is 49.6. The third kappa shape index (κ3) is 4.31. The van der Waals surface area contributed by atoms with Crippen LogP contribution in [0.25, 0.3) is 0 Å². The minimum atomic E-state index is -1.39. The molecule has 1 aliphatic rings. The summed E-state index contributed by atoms with van der Waals surface area (Å²) in [6.45, 7) is 3.76. The smallest absolute Gasteiger partial charge is 0.269 e. The number of nitro benzene ring substituents is 1. The van der Waals surface area contributed by atoms with E-state index in [1.54, 1.807) is 0 Å². The van der Waals surface area contributed by atoms with Gasteiger partial charge in [-0.15, -0.1) is 0 Å². The highest BCUT2D eigenvalue weighted by Crippen LogP contribution is 2.44. The van der Waals surface area contributed by atoms with E-state index in [1.807, 2.05) is 44.2 Å². The predicted molar refractivity (Wildman–Crippen MR) is 108 cm³/mol. The van der Waals surface area contributed by atoms with Crippen molar-refractivity contribution in [3.05, 3.63) is 75.8 Å². The maximum Gasteiger partial charge on any atom is 0.269 e. The van der Waals surface area contributed by atoms with Gasteiger partial charge in [0, 0.05) is 37.0 Å². The molecule has 2 aromatic carbocycles.